The van der Waals surface area contributed by atoms with Crippen LogP contribution in [-0.2, 0) is 0 Å². The summed E-state index contributed by atoms with van der Waals surface area (Å²) in [5.41, 5.74) is 0. The number of hydrogen-bond donors (Lipinski definition) is 0. The van der Waals surface area contributed by atoms with E-state index in [9.17, 15) is 0 Å². The van der Waals surface area contributed by atoms with E-state index in [1.165, 1.54) is 12.8 Å². The predicted octanol–water partition coefficient (Wildman–Crippen LogP) is -0.349. The summed E-state index contributed by atoms with van der Waals surface area (Å²) in [7, 11) is 0. The SMILES string of the molecule is C[CH-]C(C)CCC.[Li+]. The molecule has 0 saturated heterocycles. The third-order valence-corrected chi connectivity index (χ3v) is 1.31. The largest absolute Gasteiger partial charge is 1.00 e. The van der Waals surface area contributed by atoms with Crippen molar-refractivity contribution in [2.24, 2.45) is 5.92 Å². The third-order valence-electron chi connectivity index (χ3n) is 1.31. The quantitative estimate of drug-likeness (QED) is 0.341. The Balaban J connectivity index is 0. The summed E-state index contributed by atoms with van der Waals surface area (Å²) >= 11 is 0. The van der Waals surface area contributed by atoms with Crippen LogP contribution in [-0.4, -0.2) is 0 Å². The molecule has 0 aromatic rings. The fourth-order valence-electron chi connectivity index (χ4n) is 0.622. The molecule has 0 saturated carbocycles. The van der Waals surface area contributed by atoms with Crippen molar-refractivity contribution in [3.63, 3.8) is 0 Å². The van der Waals surface area contributed by atoms with E-state index < -0.39 is 0 Å². The first-order valence-electron chi connectivity index (χ1n) is 3.10. The van der Waals surface area contributed by atoms with E-state index in [-0.39, 0.29) is 18.9 Å². The van der Waals surface area contributed by atoms with Crippen LogP contribution in [0.1, 0.15) is 33.6 Å². The van der Waals surface area contributed by atoms with Crippen molar-refractivity contribution in [1.29, 1.82) is 0 Å². The molecule has 0 aliphatic carbocycles. The molecule has 0 aliphatic heterocycles. The van der Waals surface area contributed by atoms with Gasteiger partial charge in [-0.15, -0.1) is 0 Å². The monoisotopic (exact) mass is 106 g/mol. The molecule has 1 heteroatoms. The van der Waals surface area contributed by atoms with Crippen molar-refractivity contribution in [2.45, 2.75) is 33.6 Å². The molecule has 0 aromatic carbocycles. The molecule has 0 nitrogen and oxygen atoms in total. The fourth-order valence-corrected chi connectivity index (χ4v) is 0.622. The Labute approximate surface area is 65.2 Å². The Morgan fingerprint density at radius 3 is 2.12 bits per heavy atom. The van der Waals surface area contributed by atoms with Crippen LogP contribution < -0.4 is 18.9 Å². The molecule has 8 heavy (non-hydrogen) atoms. The van der Waals surface area contributed by atoms with Gasteiger partial charge in [-0.3, -0.25) is 0 Å². The molecule has 0 spiro atoms. The van der Waals surface area contributed by atoms with E-state index in [2.05, 4.69) is 27.2 Å². The maximum absolute atomic E-state index is 2.25. The summed E-state index contributed by atoms with van der Waals surface area (Å²) in [6.07, 6.45) is 4.91. The molecule has 0 fully saturated rings. The van der Waals surface area contributed by atoms with Crippen LogP contribution in [0.5, 0.6) is 0 Å². The molecule has 1 atom stereocenters. The Morgan fingerprint density at radius 2 is 2.00 bits per heavy atom. The second-order valence-corrected chi connectivity index (χ2v) is 2.10. The minimum Gasteiger partial charge on any atom is -0.329 e. The molecule has 0 bridgehead atoms. The van der Waals surface area contributed by atoms with Crippen LogP contribution in [0, 0.1) is 12.3 Å². The van der Waals surface area contributed by atoms with E-state index in [4.69, 9.17) is 0 Å². The van der Waals surface area contributed by atoms with Gasteiger partial charge in [-0.05, 0) is 0 Å². The van der Waals surface area contributed by atoms with Gasteiger partial charge in [0.25, 0.3) is 0 Å². The van der Waals surface area contributed by atoms with Crippen LogP contribution in [0.4, 0.5) is 0 Å². The average Bonchev–Trinajstić information content (AvgIpc) is 1.68. The zero-order chi connectivity index (χ0) is 5.70. The summed E-state index contributed by atoms with van der Waals surface area (Å²) < 4.78 is 0. The van der Waals surface area contributed by atoms with E-state index in [1.54, 1.807) is 0 Å². The zero-order valence-electron chi connectivity index (χ0n) is 6.57. The standard InChI is InChI=1S/C7H15.Li/c1-4-6-7(3)5-2;/h5,7H,4,6H2,1-3H3;/q-1;+1. The molecule has 0 radical (unpaired) electrons. The predicted molar refractivity (Wildman–Crippen MR) is 34.0 cm³/mol. The smallest absolute Gasteiger partial charge is 0.329 e. The van der Waals surface area contributed by atoms with Gasteiger partial charge >= 0.3 is 18.9 Å². The van der Waals surface area contributed by atoms with Crippen LogP contribution >= 0.6 is 0 Å². The van der Waals surface area contributed by atoms with Crippen molar-refractivity contribution in [3.8, 4) is 0 Å². The van der Waals surface area contributed by atoms with Gasteiger partial charge < -0.3 is 6.42 Å². The van der Waals surface area contributed by atoms with Crippen molar-refractivity contribution in [1.82, 2.24) is 0 Å². The van der Waals surface area contributed by atoms with Gasteiger partial charge in [0.1, 0.15) is 0 Å². The minimum absolute atomic E-state index is 0. The molecule has 0 aromatic heterocycles. The number of rotatable bonds is 3. The Bertz CT molecular complexity index is 35.4. The maximum atomic E-state index is 2.25. The normalized spacial score (nSPS) is 12.4. The van der Waals surface area contributed by atoms with Crippen LogP contribution in [0.15, 0.2) is 0 Å². The third kappa shape index (κ3) is 6.60. The molecule has 0 aliphatic rings. The van der Waals surface area contributed by atoms with E-state index >= 15 is 0 Å². The first-order valence-corrected chi connectivity index (χ1v) is 3.10. The first-order chi connectivity index (χ1) is 3.31. The van der Waals surface area contributed by atoms with Gasteiger partial charge in [0, 0.05) is 0 Å². The van der Waals surface area contributed by atoms with Crippen LogP contribution in [0.3, 0.4) is 0 Å². The Hall–Kier alpha value is 0.597. The second kappa shape index (κ2) is 7.60. The van der Waals surface area contributed by atoms with Gasteiger partial charge in [-0.25, -0.2) is 0 Å². The van der Waals surface area contributed by atoms with Crippen molar-refractivity contribution >= 4 is 0 Å². The van der Waals surface area contributed by atoms with E-state index in [0.717, 1.165) is 5.92 Å². The summed E-state index contributed by atoms with van der Waals surface area (Å²) in [5.74, 6) is 0.824. The van der Waals surface area contributed by atoms with E-state index in [1.807, 2.05) is 0 Å². The summed E-state index contributed by atoms with van der Waals surface area (Å²) in [4.78, 5) is 0. The maximum Gasteiger partial charge on any atom is 1.00 e. The zero-order valence-corrected chi connectivity index (χ0v) is 6.57. The second-order valence-electron chi connectivity index (χ2n) is 2.10. The molecule has 44 valence electrons. The van der Waals surface area contributed by atoms with Crippen LogP contribution in [0.2, 0.25) is 0 Å². The fraction of sp³-hybridized carbons (Fsp3) is 0.857. The molecule has 0 N–H and O–H groups in total. The summed E-state index contributed by atoms with van der Waals surface area (Å²) in [6, 6.07) is 0. The first kappa shape index (κ1) is 11.4. The van der Waals surface area contributed by atoms with Crippen molar-refractivity contribution < 1.29 is 18.9 Å². The van der Waals surface area contributed by atoms with Crippen molar-refractivity contribution in [2.75, 3.05) is 0 Å². The summed E-state index contributed by atoms with van der Waals surface area (Å²) in [5, 5.41) is 0. The molecule has 1 unspecified atom stereocenters. The summed E-state index contributed by atoms with van der Waals surface area (Å²) in [6.45, 7) is 6.60. The topological polar surface area (TPSA) is 0 Å². The van der Waals surface area contributed by atoms with Crippen LogP contribution in [0.25, 0.3) is 0 Å². The molecule has 0 amide bonds. The van der Waals surface area contributed by atoms with Gasteiger partial charge in [0.2, 0.25) is 0 Å². The Morgan fingerprint density at radius 1 is 1.50 bits per heavy atom. The molecule has 0 heterocycles. The van der Waals surface area contributed by atoms with E-state index in [0.29, 0.717) is 0 Å². The molecule has 0 rings (SSSR count). The van der Waals surface area contributed by atoms with Gasteiger partial charge in [0.05, 0.1) is 0 Å². The van der Waals surface area contributed by atoms with Gasteiger partial charge in [0.15, 0.2) is 0 Å². The number of hydrogen-bond acceptors (Lipinski definition) is 0. The van der Waals surface area contributed by atoms with Gasteiger partial charge in [-0.2, -0.15) is 12.8 Å². The van der Waals surface area contributed by atoms with Gasteiger partial charge in [-0.1, -0.05) is 26.7 Å². The Kier molecular flexibility index (Phi) is 10.8. The molecular weight excluding hydrogens is 91.0 g/mol. The molecular formula is C7H15Li. The average molecular weight is 106 g/mol. The van der Waals surface area contributed by atoms with Crippen molar-refractivity contribution in [3.05, 3.63) is 6.42 Å². The minimum atomic E-state index is 0.